The summed E-state index contributed by atoms with van der Waals surface area (Å²) in [4.78, 5) is 0. The lowest BCUT2D eigenvalue weighted by Crippen LogP contribution is -2.27. The number of nitrogens with one attached hydrogen (secondary N) is 1. The van der Waals surface area contributed by atoms with Gasteiger partial charge in [-0.1, -0.05) is 24.1 Å². The Bertz CT molecular complexity index is 338. The molecule has 0 spiro atoms. The smallest absolute Gasteiger partial charge is 0.125 e. The molecule has 0 bridgehead atoms. The van der Waals surface area contributed by atoms with Gasteiger partial charge in [-0.3, -0.25) is 0 Å². The maximum absolute atomic E-state index is 5.93. The standard InChI is InChI=1S/C12H16ClNO.ClH/c1-15-12-8-9(13)5-6-10(12)11-4-2-3-7-14-11;/h5-6,8,11,14H,2-4,7H2,1H3;1H. The van der Waals surface area contributed by atoms with Gasteiger partial charge in [0.2, 0.25) is 0 Å². The Labute approximate surface area is 108 Å². The summed E-state index contributed by atoms with van der Waals surface area (Å²) in [6, 6.07) is 6.29. The largest absolute Gasteiger partial charge is 0.496 e. The zero-order chi connectivity index (χ0) is 10.7. The fraction of sp³-hybridized carbons (Fsp3) is 0.500. The van der Waals surface area contributed by atoms with Crippen molar-refractivity contribution >= 4 is 24.0 Å². The molecule has 1 heterocycles. The van der Waals surface area contributed by atoms with Gasteiger partial charge in [-0.25, -0.2) is 0 Å². The van der Waals surface area contributed by atoms with E-state index < -0.39 is 0 Å². The number of rotatable bonds is 2. The fourth-order valence-corrected chi connectivity index (χ4v) is 2.25. The van der Waals surface area contributed by atoms with Gasteiger partial charge in [-0.2, -0.15) is 0 Å². The zero-order valence-corrected chi connectivity index (χ0v) is 10.9. The van der Waals surface area contributed by atoms with E-state index in [-0.39, 0.29) is 12.4 Å². The summed E-state index contributed by atoms with van der Waals surface area (Å²) in [5, 5.41) is 4.23. The van der Waals surface area contributed by atoms with Crippen LogP contribution in [0.4, 0.5) is 0 Å². The fourth-order valence-electron chi connectivity index (χ4n) is 2.09. The summed E-state index contributed by atoms with van der Waals surface area (Å²) >= 11 is 5.93. The van der Waals surface area contributed by atoms with Gasteiger partial charge in [0.15, 0.2) is 0 Å². The minimum Gasteiger partial charge on any atom is -0.496 e. The van der Waals surface area contributed by atoms with Crippen molar-refractivity contribution in [3.05, 3.63) is 28.8 Å². The van der Waals surface area contributed by atoms with Crippen molar-refractivity contribution in [3.63, 3.8) is 0 Å². The summed E-state index contributed by atoms with van der Waals surface area (Å²) in [7, 11) is 1.69. The Balaban J connectivity index is 0.00000128. The van der Waals surface area contributed by atoms with E-state index in [4.69, 9.17) is 16.3 Å². The van der Waals surface area contributed by atoms with Crippen LogP contribution in [-0.2, 0) is 0 Å². The molecule has 16 heavy (non-hydrogen) atoms. The van der Waals surface area contributed by atoms with Crippen molar-refractivity contribution in [3.8, 4) is 5.75 Å². The molecular formula is C12H17Cl2NO. The number of hydrogen-bond donors (Lipinski definition) is 1. The molecule has 0 radical (unpaired) electrons. The Hall–Kier alpha value is -0.440. The molecular weight excluding hydrogens is 245 g/mol. The summed E-state index contributed by atoms with van der Waals surface area (Å²) in [5.74, 6) is 0.891. The molecule has 1 aromatic rings. The molecule has 90 valence electrons. The van der Waals surface area contributed by atoms with Gasteiger partial charge < -0.3 is 10.1 Å². The van der Waals surface area contributed by atoms with Crippen molar-refractivity contribution in [2.24, 2.45) is 0 Å². The minimum atomic E-state index is 0. The van der Waals surface area contributed by atoms with E-state index in [1.807, 2.05) is 12.1 Å². The van der Waals surface area contributed by atoms with Gasteiger partial charge in [-0.05, 0) is 31.5 Å². The van der Waals surface area contributed by atoms with Gasteiger partial charge in [0.25, 0.3) is 0 Å². The van der Waals surface area contributed by atoms with Gasteiger partial charge in [-0.15, -0.1) is 12.4 Å². The van der Waals surface area contributed by atoms with E-state index in [2.05, 4.69) is 11.4 Å². The molecule has 1 saturated heterocycles. The Kier molecular flexibility index (Phi) is 5.39. The van der Waals surface area contributed by atoms with E-state index in [0.29, 0.717) is 6.04 Å². The van der Waals surface area contributed by atoms with Crippen molar-refractivity contribution in [1.29, 1.82) is 0 Å². The molecule has 0 aromatic heterocycles. The van der Waals surface area contributed by atoms with Gasteiger partial charge in [0.05, 0.1) is 7.11 Å². The van der Waals surface area contributed by atoms with Gasteiger partial charge in [0, 0.05) is 16.6 Å². The molecule has 1 atom stereocenters. The van der Waals surface area contributed by atoms with Crippen LogP contribution in [0, 0.1) is 0 Å². The Morgan fingerprint density at radius 3 is 2.81 bits per heavy atom. The van der Waals surface area contributed by atoms with Crippen molar-refractivity contribution in [2.45, 2.75) is 25.3 Å². The van der Waals surface area contributed by atoms with E-state index in [1.54, 1.807) is 7.11 Å². The lowest BCUT2D eigenvalue weighted by atomic mass is 9.97. The molecule has 1 unspecified atom stereocenters. The third-order valence-corrected chi connectivity index (χ3v) is 3.12. The van der Waals surface area contributed by atoms with Crippen LogP contribution in [0.25, 0.3) is 0 Å². The second-order valence-corrected chi connectivity index (χ2v) is 4.33. The molecule has 1 aromatic carbocycles. The Morgan fingerprint density at radius 1 is 1.38 bits per heavy atom. The second kappa shape index (κ2) is 6.33. The van der Waals surface area contributed by atoms with Crippen LogP contribution in [0.2, 0.25) is 5.02 Å². The Morgan fingerprint density at radius 2 is 2.19 bits per heavy atom. The van der Waals surface area contributed by atoms with Crippen LogP contribution < -0.4 is 10.1 Å². The van der Waals surface area contributed by atoms with E-state index >= 15 is 0 Å². The molecule has 1 fully saturated rings. The SMILES string of the molecule is COc1cc(Cl)ccc1C1CCCCN1.Cl. The van der Waals surface area contributed by atoms with Crippen LogP contribution in [-0.4, -0.2) is 13.7 Å². The maximum Gasteiger partial charge on any atom is 0.125 e. The zero-order valence-electron chi connectivity index (χ0n) is 9.33. The highest BCUT2D eigenvalue weighted by Gasteiger charge is 2.18. The molecule has 1 aliphatic heterocycles. The highest BCUT2D eigenvalue weighted by atomic mass is 35.5. The van der Waals surface area contributed by atoms with E-state index in [0.717, 1.165) is 17.3 Å². The summed E-state index contributed by atoms with van der Waals surface area (Å²) in [6.07, 6.45) is 3.73. The van der Waals surface area contributed by atoms with Crippen molar-refractivity contribution < 1.29 is 4.74 Å². The summed E-state index contributed by atoms with van der Waals surface area (Å²) < 4.78 is 5.35. The van der Waals surface area contributed by atoms with Crippen molar-refractivity contribution in [2.75, 3.05) is 13.7 Å². The quantitative estimate of drug-likeness (QED) is 0.879. The third kappa shape index (κ3) is 3.03. The monoisotopic (exact) mass is 261 g/mol. The first-order valence-corrected chi connectivity index (χ1v) is 5.76. The molecule has 2 nitrogen and oxygen atoms in total. The van der Waals surface area contributed by atoms with E-state index in [9.17, 15) is 0 Å². The highest BCUT2D eigenvalue weighted by molar-refractivity contribution is 6.30. The lowest BCUT2D eigenvalue weighted by Gasteiger charge is -2.25. The number of hydrogen-bond acceptors (Lipinski definition) is 2. The molecule has 0 aliphatic carbocycles. The summed E-state index contributed by atoms with van der Waals surface area (Å²) in [5.41, 5.74) is 1.22. The summed E-state index contributed by atoms with van der Waals surface area (Å²) in [6.45, 7) is 1.09. The molecule has 1 N–H and O–H groups in total. The molecule has 4 heteroatoms. The van der Waals surface area contributed by atoms with E-state index in [1.165, 1.54) is 24.8 Å². The maximum atomic E-state index is 5.93. The first-order chi connectivity index (χ1) is 7.31. The predicted molar refractivity (Wildman–Crippen MR) is 69.8 cm³/mol. The first-order valence-electron chi connectivity index (χ1n) is 5.38. The molecule has 2 rings (SSSR count). The van der Waals surface area contributed by atoms with Gasteiger partial charge in [0.1, 0.15) is 5.75 Å². The van der Waals surface area contributed by atoms with Crippen LogP contribution >= 0.6 is 24.0 Å². The highest BCUT2D eigenvalue weighted by Crippen LogP contribution is 2.32. The van der Waals surface area contributed by atoms with Crippen LogP contribution in [0.15, 0.2) is 18.2 Å². The molecule has 0 amide bonds. The number of benzene rings is 1. The second-order valence-electron chi connectivity index (χ2n) is 3.89. The van der Waals surface area contributed by atoms with Gasteiger partial charge >= 0.3 is 0 Å². The van der Waals surface area contributed by atoms with Crippen LogP contribution in [0.3, 0.4) is 0 Å². The topological polar surface area (TPSA) is 21.3 Å². The first kappa shape index (κ1) is 13.6. The number of ether oxygens (including phenoxy) is 1. The lowest BCUT2D eigenvalue weighted by molar-refractivity contribution is 0.373. The number of piperidine rings is 1. The van der Waals surface area contributed by atoms with Crippen LogP contribution in [0.5, 0.6) is 5.75 Å². The average molecular weight is 262 g/mol. The third-order valence-electron chi connectivity index (χ3n) is 2.88. The van der Waals surface area contributed by atoms with Crippen LogP contribution in [0.1, 0.15) is 30.9 Å². The van der Waals surface area contributed by atoms with Crippen molar-refractivity contribution in [1.82, 2.24) is 5.32 Å². The number of methoxy groups -OCH3 is 1. The molecule has 0 saturated carbocycles. The minimum absolute atomic E-state index is 0. The molecule has 1 aliphatic rings. The predicted octanol–water partition coefficient (Wildman–Crippen LogP) is 3.59. The normalized spacial score (nSPS) is 20.0. The number of halogens is 2. The average Bonchev–Trinajstić information content (AvgIpc) is 2.30.